The zero-order chi connectivity index (χ0) is 21.9. The summed E-state index contributed by atoms with van der Waals surface area (Å²) in [6, 6.07) is 5.85. The summed E-state index contributed by atoms with van der Waals surface area (Å²) in [5.41, 5.74) is -2.75. The average molecular weight is 413 g/mol. The van der Waals surface area contributed by atoms with Gasteiger partial charge in [-0.3, -0.25) is 25.0 Å². The molecule has 0 aliphatic rings. The smallest absolute Gasteiger partial charge is 0.418 e. The Morgan fingerprint density at radius 3 is 2.31 bits per heavy atom. The van der Waals surface area contributed by atoms with Gasteiger partial charge in [-0.2, -0.15) is 13.2 Å². The quantitative estimate of drug-likeness (QED) is 0.558. The largest absolute Gasteiger partial charge is 0.474 e. The third-order valence-electron chi connectivity index (χ3n) is 3.76. The summed E-state index contributed by atoms with van der Waals surface area (Å²) in [6.07, 6.45) is -6.36. The van der Waals surface area contributed by atoms with E-state index in [1.54, 1.807) is 6.92 Å². The number of hydrogen-bond donors (Lipinski definition) is 1. The maximum atomic E-state index is 13.2. The van der Waals surface area contributed by atoms with Gasteiger partial charge in [0, 0.05) is 18.2 Å². The minimum atomic E-state index is -4.96. The van der Waals surface area contributed by atoms with Crippen molar-refractivity contribution in [2.45, 2.75) is 26.1 Å². The van der Waals surface area contributed by atoms with Crippen molar-refractivity contribution < 1.29 is 32.5 Å². The lowest BCUT2D eigenvalue weighted by Gasteiger charge is -2.17. The van der Waals surface area contributed by atoms with Gasteiger partial charge in [-0.05, 0) is 31.5 Å². The lowest BCUT2D eigenvalue weighted by molar-refractivity contribution is -0.386. The summed E-state index contributed by atoms with van der Waals surface area (Å²) >= 11 is 0. The Bertz CT molecular complexity index is 977. The topological polar surface area (TPSA) is 125 Å². The molecule has 2 aromatic carbocycles. The number of anilines is 1. The van der Waals surface area contributed by atoms with Gasteiger partial charge in [0.1, 0.15) is 0 Å². The molecule has 12 heteroatoms. The van der Waals surface area contributed by atoms with Crippen molar-refractivity contribution in [3.8, 4) is 5.75 Å². The Balaban J connectivity index is 2.27. The number of nitro benzene ring substituents is 2. The highest BCUT2D eigenvalue weighted by atomic mass is 19.4. The van der Waals surface area contributed by atoms with E-state index in [1.165, 1.54) is 25.1 Å². The number of benzene rings is 2. The predicted octanol–water partition coefficient (Wildman–Crippen LogP) is 4.24. The second kappa shape index (κ2) is 8.12. The van der Waals surface area contributed by atoms with E-state index in [-0.39, 0.29) is 5.75 Å². The van der Waals surface area contributed by atoms with Gasteiger partial charge in [0.05, 0.1) is 21.1 Å². The van der Waals surface area contributed by atoms with Crippen molar-refractivity contribution in [3.05, 3.63) is 67.8 Å². The molecule has 0 aliphatic heterocycles. The van der Waals surface area contributed by atoms with Gasteiger partial charge in [0.2, 0.25) is 0 Å². The summed E-state index contributed by atoms with van der Waals surface area (Å²) in [4.78, 5) is 32.4. The maximum Gasteiger partial charge on any atom is 0.418 e. The van der Waals surface area contributed by atoms with Gasteiger partial charge in [0.15, 0.2) is 11.9 Å². The number of alkyl halides is 3. The standard InChI is InChI=1S/C17H14F3N3O6/c1-9-3-6-15(14(7-9)23(27)28)29-10(2)16(24)21-13-5-4-11(22(25)26)8-12(13)17(18,19)20/h3-8,10H,1-2H3,(H,21,24)/t10-/m0/s1. The number of non-ortho nitro benzene ring substituents is 1. The molecule has 2 rings (SSSR count). The van der Waals surface area contributed by atoms with Crippen LogP contribution in [0.2, 0.25) is 0 Å². The molecule has 0 aromatic heterocycles. The molecule has 1 amide bonds. The normalized spacial score (nSPS) is 12.2. The fourth-order valence-corrected chi connectivity index (χ4v) is 2.34. The third kappa shape index (κ3) is 5.18. The Labute approximate surface area is 161 Å². The summed E-state index contributed by atoms with van der Waals surface area (Å²) < 4.78 is 44.8. The average Bonchev–Trinajstić information content (AvgIpc) is 2.62. The molecule has 0 fully saturated rings. The van der Waals surface area contributed by atoms with Crippen LogP contribution in [0.3, 0.4) is 0 Å². The Morgan fingerprint density at radius 1 is 1.10 bits per heavy atom. The van der Waals surface area contributed by atoms with Crippen molar-refractivity contribution in [1.29, 1.82) is 0 Å². The van der Waals surface area contributed by atoms with Crippen molar-refractivity contribution >= 4 is 23.0 Å². The second-order valence-corrected chi connectivity index (χ2v) is 5.96. The van der Waals surface area contributed by atoms with E-state index >= 15 is 0 Å². The molecule has 29 heavy (non-hydrogen) atoms. The van der Waals surface area contributed by atoms with Crippen LogP contribution in [-0.2, 0) is 11.0 Å². The molecule has 1 N–H and O–H groups in total. The Kier molecular flexibility index (Phi) is 6.05. The lowest BCUT2D eigenvalue weighted by atomic mass is 10.1. The second-order valence-electron chi connectivity index (χ2n) is 5.96. The first-order valence-corrected chi connectivity index (χ1v) is 7.98. The van der Waals surface area contributed by atoms with Gasteiger partial charge < -0.3 is 10.1 Å². The fraction of sp³-hybridized carbons (Fsp3) is 0.235. The number of aryl methyl sites for hydroxylation is 1. The number of nitro groups is 2. The minimum Gasteiger partial charge on any atom is -0.474 e. The molecule has 0 spiro atoms. The summed E-state index contributed by atoms with van der Waals surface area (Å²) in [5, 5.41) is 23.8. The van der Waals surface area contributed by atoms with Crippen molar-refractivity contribution in [2.24, 2.45) is 0 Å². The van der Waals surface area contributed by atoms with Crippen LogP contribution in [-0.4, -0.2) is 21.9 Å². The van der Waals surface area contributed by atoms with E-state index in [0.29, 0.717) is 11.6 Å². The number of rotatable bonds is 6. The van der Waals surface area contributed by atoms with Crippen LogP contribution in [0.1, 0.15) is 18.1 Å². The Hall–Kier alpha value is -3.70. The molecule has 0 unspecified atom stereocenters. The summed E-state index contributed by atoms with van der Waals surface area (Å²) in [6.45, 7) is 2.80. The van der Waals surface area contributed by atoms with Crippen LogP contribution in [0, 0.1) is 27.2 Å². The predicted molar refractivity (Wildman–Crippen MR) is 94.7 cm³/mol. The van der Waals surface area contributed by atoms with Crippen LogP contribution in [0.25, 0.3) is 0 Å². The Morgan fingerprint density at radius 2 is 1.76 bits per heavy atom. The number of nitrogens with zero attached hydrogens (tertiary/aromatic N) is 2. The minimum absolute atomic E-state index is 0.233. The van der Waals surface area contributed by atoms with Crippen LogP contribution >= 0.6 is 0 Å². The van der Waals surface area contributed by atoms with Crippen LogP contribution < -0.4 is 10.1 Å². The third-order valence-corrected chi connectivity index (χ3v) is 3.76. The number of ether oxygens (including phenoxy) is 1. The lowest BCUT2D eigenvalue weighted by Crippen LogP contribution is -2.31. The zero-order valence-electron chi connectivity index (χ0n) is 15.0. The van der Waals surface area contributed by atoms with E-state index < -0.39 is 50.7 Å². The molecule has 0 heterocycles. The van der Waals surface area contributed by atoms with Gasteiger partial charge in [-0.25, -0.2) is 0 Å². The van der Waals surface area contributed by atoms with E-state index in [9.17, 15) is 38.2 Å². The number of carbonyl (C=O) groups excluding carboxylic acids is 1. The molecule has 9 nitrogen and oxygen atoms in total. The molecular weight excluding hydrogens is 399 g/mol. The zero-order valence-corrected chi connectivity index (χ0v) is 15.0. The van der Waals surface area contributed by atoms with Crippen LogP contribution in [0.4, 0.5) is 30.2 Å². The first-order valence-electron chi connectivity index (χ1n) is 7.98. The molecule has 0 aliphatic carbocycles. The molecule has 0 bridgehead atoms. The van der Waals surface area contributed by atoms with E-state index in [2.05, 4.69) is 0 Å². The number of nitrogens with one attached hydrogen (secondary N) is 1. The van der Waals surface area contributed by atoms with Gasteiger partial charge in [-0.1, -0.05) is 6.07 Å². The van der Waals surface area contributed by atoms with Crippen LogP contribution in [0.15, 0.2) is 36.4 Å². The van der Waals surface area contributed by atoms with Gasteiger partial charge >= 0.3 is 11.9 Å². The number of hydrogen-bond acceptors (Lipinski definition) is 6. The molecule has 0 radical (unpaired) electrons. The van der Waals surface area contributed by atoms with E-state index in [1.807, 2.05) is 5.32 Å². The maximum absolute atomic E-state index is 13.2. The molecule has 154 valence electrons. The number of carbonyl (C=O) groups is 1. The van der Waals surface area contributed by atoms with Crippen molar-refractivity contribution in [2.75, 3.05) is 5.32 Å². The van der Waals surface area contributed by atoms with Gasteiger partial charge in [0.25, 0.3) is 11.6 Å². The SMILES string of the molecule is Cc1ccc(O[C@@H](C)C(=O)Nc2ccc([N+](=O)[O-])cc2C(F)(F)F)c([N+](=O)[O-])c1. The first-order chi connectivity index (χ1) is 13.4. The highest BCUT2D eigenvalue weighted by molar-refractivity contribution is 5.95. The summed E-state index contributed by atoms with van der Waals surface area (Å²) in [5.74, 6) is -1.26. The van der Waals surface area contributed by atoms with E-state index in [0.717, 1.165) is 12.1 Å². The molecule has 0 saturated heterocycles. The number of halogens is 3. The highest BCUT2D eigenvalue weighted by Gasteiger charge is 2.36. The highest BCUT2D eigenvalue weighted by Crippen LogP contribution is 2.37. The molecule has 0 saturated carbocycles. The monoisotopic (exact) mass is 413 g/mol. The molecule has 2 aromatic rings. The van der Waals surface area contributed by atoms with E-state index in [4.69, 9.17) is 4.74 Å². The van der Waals surface area contributed by atoms with Crippen molar-refractivity contribution in [3.63, 3.8) is 0 Å². The first kappa shape index (κ1) is 21.6. The molecular formula is C17H14F3N3O6. The van der Waals surface area contributed by atoms with Crippen molar-refractivity contribution in [1.82, 2.24) is 0 Å². The van der Waals surface area contributed by atoms with Gasteiger partial charge in [-0.15, -0.1) is 0 Å². The number of amides is 1. The fourth-order valence-electron chi connectivity index (χ4n) is 2.34. The van der Waals surface area contributed by atoms with Crippen LogP contribution in [0.5, 0.6) is 5.75 Å². The molecule has 1 atom stereocenters. The summed E-state index contributed by atoms with van der Waals surface area (Å²) in [7, 11) is 0.